The quantitative estimate of drug-likeness (QED) is 0.401. The number of aromatic nitrogens is 2. The lowest BCUT2D eigenvalue weighted by Crippen LogP contribution is -2.00. The Hall–Kier alpha value is -2.79. The van der Waals surface area contributed by atoms with Crippen molar-refractivity contribution in [2.24, 2.45) is 0 Å². The van der Waals surface area contributed by atoms with Crippen molar-refractivity contribution in [3.63, 3.8) is 0 Å². The van der Waals surface area contributed by atoms with Crippen molar-refractivity contribution in [1.82, 2.24) is 9.78 Å². The van der Waals surface area contributed by atoms with Crippen LogP contribution in [0.1, 0.15) is 5.56 Å². The molecule has 4 aromatic rings. The number of benzene rings is 3. The summed E-state index contributed by atoms with van der Waals surface area (Å²) in [6.07, 6.45) is 3.57. The molecule has 1 unspecified atom stereocenters. The topological polar surface area (TPSA) is 17.8 Å². The molecule has 0 saturated heterocycles. The highest BCUT2D eigenvalue weighted by molar-refractivity contribution is 8.13. The summed E-state index contributed by atoms with van der Waals surface area (Å²) in [4.78, 5) is 1.22. The van der Waals surface area contributed by atoms with E-state index in [-0.39, 0.29) is 21.6 Å². The maximum Gasteiger partial charge on any atom is 0.155 e. The number of fused-ring (bicyclic) bond motifs is 1. The third-order valence-corrected chi connectivity index (χ3v) is 5.75. The standard InChI is InChI=1S/C22H18F2N2S/c1-14-20(23)12-17-13-25-26(22(17)21(14)24)18-8-4-15(5-9-18)16-6-10-19(11-7-16)27(2)3/h4-13H,2H2,1,3H3. The van der Waals surface area contributed by atoms with Gasteiger partial charge in [-0.25, -0.2) is 13.5 Å². The van der Waals surface area contributed by atoms with E-state index in [1.165, 1.54) is 28.8 Å². The molecule has 0 aliphatic heterocycles. The fourth-order valence-electron chi connectivity index (χ4n) is 3.08. The number of nitrogens with zero attached hydrogens (tertiary/aromatic N) is 2. The van der Waals surface area contributed by atoms with Crippen LogP contribution < -0.4 is 0 Å². The molecule has 0 radical (unpaired) electrons. The highest BCUT2D eigenvalue weighted by Crippen LogP contribution is 2.28. The number of halogens is 2. The van der Waals surface area contributed by atoms with Crippen molar-refractivity contribution in [2.75, 3.05) is 6.26 Å². The van der Waals surface area contributed by atoms with Crippen molar-refractivity contribution in [1.29, 1.82) is 0 Å². The molecule has 0 bridgehead atoms. The normalized spacial score (nSPS) is 12.4. The third kappa shape index (κ3) is 3.08. The summed E-state index contributed by atoms with van der Waals surface area (Å²) in [5.74, 6) is 2.92. The third-order valence-electron chi connectivity index (χ3n) is 4.68. The summed E-state index contributed by atoms with van der Waals surface area (Å²) in [5.41, 5.74) is 3.18. The first-order valence-electron chi connectivity index (χ1n) is 8.44. The Balaban J connectivity index is 1.74. The smallest absolute Gasteiger partial charge is 0.155 e. The van der Waals surface area contributed by atoms with Crippen LogP contribution in [0.2, 0.25) is 0 Å². The Morgan fingerprint density at radius 2 is 1.56 bits per heavy atom. The van der Waals surface area contributed by atoms with Crippen LogP contribution in [0.5, 0.6) is 0 Å². The minimum absolute atomic E-state index is 0.00122. The second-order valence-electron chi connectivity index (χ2n) is 6.50. The Kier molecular flexibility index (Phi) is 4.40. The van der Waals surface area contributed by atoms with Crippen LogP contribution in [0.3, 0.4) is 0 Å². The number of hydrogen-bond acceptors (Lipinski definition) is 1. The van der Waals surface area contributed by atoms with Gasteiger partial charge in [0.05, 0.1) is 11.9 Å². The van der Waals surface area contributed by atoms with Crippen LogP contribution in [-0.2, 0) is 0 Å². The van der Waals surface area contributed by atoms with E-state index in [1.54, 1.807) is 0 Å². The summed E-state index contributed by atoms with van der Waals surface area (Å²) in [5, 5.41) is 4.69. The van der Waals surface area contributed by atoms with Gasteiger partial charge in [-0.2, -0.15) is 15.6 Å². The van der Waals surface area contributed by atoms with Crippen LogP contribution >= 0.6 is 10.5 Å². The van der Waals surface area contributed by atoms with E-state index < -0.39 is 11.6 Å². The molecule has 1 atom stereocenters. The highest BCUT2D eigenvalue weighted by atomic mass is 32.2. The molecule has 136 valence electrons. The molecule has 0 aliphatic carbocycles. The maximum atomic E-state index is 14.6. The molecular formula is C22H18F2N2S. The van der Waals surface area contributed by atoms with E-state index in [0.29, 0.717) is 5.39 Å². The van der Waals surface area contributed by atoms with Crippen molar-refractivity contribution < 1.29 is 8.78 Å². The van der Waals surface area contributed by atoms with Gasteiger partial charge in [0, 0.05) is 15.8 Å². The van der Waals surface area contributed by atoms with Crippen molar-refractivity contribution >= 4 is 27.3 Å². The fourth-order valence-corrected chi connectivity index (χ4v) is 3.68. The molecular weight excluding hydrogens is 362 g/mol. The van der Waals surface area contributed by atoms with Crippen LogP contribution in [0, 0.1) is 18.6 Å². The predicted molar refractivity (Wildman–Crippen MR) is 110 cm³/mol. The van der Waals surface area contributed by atoms with Gasteiger partial charge in [0.1, 0.15) is 11.3 Å². The minimum atomic E-state index is -0.578. The molecule has 5 heteroatoms. The Bertz CT molecular complexity index is 1160. The fraction of sp³-hybridized carbons (Fsp3) is 0.0909. The molecule has 0 aliphatic rings. The monoisotopic (exact) mass is 380 g/mol. The summed E-state index contributed by atoms with van der Waals surface area (Å²) < 4.78 is 29.8. The summed E-state index contributed by atoms with van der Waals surface area (Å²) in [6, 6.07) is 17.4. The Morgan fingerprint density at radius 3 is 2.15 bits per heavy atom. The molecule has 0 N–H and O–H groups in total. The van der Waals surface area contributed by atoms with Gasteiger partial charge < -0.3 is 0 Å². The molecule has 0 spiro atoms. The Labute approximate surface area is 159 Å². The molecule has 3 aromatic carbocycles. The molecule has 1 heterocycles. The second kappa shape index (κ2) is 6.74. The largest absolute Gasteiger partial charge is 0.230 e. The average molecular weight is 380 g/mol. The SMILES string of the molecule is C=S(C)c1ccc(-c2ccc(-n3ncc4cc(F)c(C)c(F)c43)cc2)cc1. The van der Waals surface area contributed by atoms with Crippen LogP contribution in [-0.4, -0.2) is 21.9 Å². The van der Waals surface area contributed by atoms with Gasteiger partial charge in [-0.1, -0.05) is 30.1 Å². The van der Waals surface area contributed by atoms with Crippen molar-refractivity contribution in [2.45, 2.75) is 11.8 Å². The van der Waals surface area contributed by atoms with Gasteiger partial charge in [-0.05, 0) is 54.6 Å². The first-order valence-corrected chi connectivity index (χ1v) is 10.2. The Morgan fingerprint density at radius 1 is 0.963 bits per heavy atom. The molecule has 0 saturated carbocycles. The van der Waals surface area contributed by atoms with Crippen LogP contribution in [0.4, 0.5) is 8.78 Å². The summed E-state index contributed by atoms with van der Waals surface area (Å²) in [7, 11) is -0.0109. The van der Waals surface area contributed by atoms with E-state index in [0.717, 1.165) is 16.8 Å². The van der Waals surface area contributed by atoms with E-state index >= 15 is 0 Å². The zero-order valence-corrected chi connectivity index (χ0v) is 15.9. The molecule has 0 fully saturated rings. The van der Waals surface area contributed by atoms with Crippen molar-refractivity contribution in [3.8, 4) is 16.8 Å². The lowest BCUT2D eigenvalue weighted by atomic mass is 10.1. The van der Waals surface area contributed by atoms with Crippen LogP contribution in [0.25, 0.3) is 27.7 Å². The zero-order chi connectivity index (χ0) is 19.1. The highest BCUT2D eigenvalue weighted by Gasteiger charge is 2.15. The lowest BCUT2D eigenvalue weighted by molar-refractivity contribution is 0.573. The molecule has 0 amide bonds. The van der Waals surface area contributed by atoms with Crippen molar-refractivity contribution in [3.05, 3.63) is 78.0 Å². The second-order valence-corrected chi connectivity index (χ2v) is 8.25. The van der Waals surface area contributed by atoms with Gasteiger partial charge in [0.25, 0.3) is 0 Å². The molecule has 27 heavy (non-hydrogen) atoms. The van der Waals surface area contributed by atoms with Gasteiger partial charge in [-0.15, -0.1) is 0 Å². The van der Waals surface area contributed by atoms with E-state index in [4.69, 9.17) is 0 Å². The predicted octanol–water partition coefficient (Wildman–Crippen LogP) is 5.97. The lowest BCUT2D eigenvalue weighted by Gasteiger charge is -2.09. The first-order chi connectivity index (χ1) is 13.0. The molecule has 2 nitrogen and oxygen atoms in total. The summed E-state index contributed by atoms with van der Waals surface area (Å²) >= 11 is 0. The summed E-state index contributed by atoms with van der Waals surface area (Å²) in [6.45, 7) is 1.43. The minimum Gasteiger partial charge on any atom is -0.230 e. The zero-order valence-electron chi connectivity index (χ0n) is 15.0. The molecule has 4 rings (SSSR count). The van der Waals surface area contributed by atoms with Crippen LogP contribution in [0.15, 0.2) is 65.7 Å². The van der Waals surface area contributed by atoms with Gasteiger partial charge >= 0.3 is 0 Å². The average Bonchev–Trinajstić information content (AvgIpc) is 3.10. The van der Waals surface area contributed by atoms with Gasteiger partial charge in [0.15, 0.2) is 5.82 Å². The number of hydrogen-bond donors (Lipinski definition) is 0. The molecule has 1 aromatic heterocycles. The van der Waals surface area contributed by atoms with E-state index in [9.17, 15) is 8.78 Å². The maximum absolute atomic E-state index is 14.6. The van der Waals surface area contributed by atoms with E-state index in [1.807, 2.05) is 24.3 Å². The first kappa shape index (κ1) is 17.6. The number of rotatable bonds is 3. The van der Waals surface area contributed by atoms with E-state index in [2.05, 4.69) is 41.5 Å². The van der Waals surface area contributed by atoms with Gasteiger partial charge in [0.2, 0.25) is 0 Å². The van der Waals surface area contributed by atoms with Gasteiger partial charge in [-0.3, -0.25) is 0 Å².